The summed E-state index contributed by atoms with van der Waals surface area (Å²) in [5.41, 5.74) is 8.08. The van der Waals surface area contributed by atoms with Crippen LogP contribution in [0.3, 0.4) is 0 Å². The first-order chi connectivity index (χ1) is 8.20. The highest BCUT2D eigenvalue weighted by Crippen LogP contribution is 2.07. The van der Waals surface area contributed by atoms with Gasteiger partial charge in [0.25, 0.3) is 0 Å². The van der Waals surface area contributed by atoms with E-state index in [1.807, 2.05) is 31.5 Å². The quantitative estimate of drug-likeness (QED) is 0.806. The predicted octanol–water partition coefficient (Wildman–Crippen LogP) is 1.27. The van der Waals surface area contributed by atoms with Gasteiger partial charge in [0, 0.05) is 31.7 Å². The maximum absolute atomic E-state index is 5.93. The second kappa shape index (κ2) is 4.91. The van der Waals surface area contributed by atoms with Gasteiger partial charge in [-0.2, -0.15) is 4.57 Å². The van der Waals surface area contributed by atoms with Crippen molar-refractivity contribution in [3.05, 3.63) is 47.7 Å². The Balaban J connectivity index is 2.28. The van der Waals surface area contributed by atoms with Gasteiger partial charge in [0.2, 0.25) is 0 Å². The number of aryl methyl sites for hydroxylation is 2. The summed E-state index contributed by atoms with van der Waals surface area (Å²) >= 11 is 0. The summed E-state index contributed by atoms with van der Waals surface area (Å²) < 4.78 is 2.13. The molecule has 0 saturated heterocycles. The van der Waals surface area contributed by atoms with Crippen molar-refractivity contribution < 1.29 is 4.57 Å². The minimum Gasteiger partial charge on any atom is -0.383 e. The van der Waals surface area contributed by atoms with Crippen LogP contribution in [0.4, 0.5) is 5.82 Å². The average molecular weight is 229 g/mol. The summed E-state index contributed by atoms with van der Waals surface area (Å²) in [5.74, 6) is 1.37. The molecule has 4 nitrogen and oxygen atoms in total. The lowest BCUT2D eigenvalue weighted by atomic mass is 10.2. The van der Waals surface area contributed by atoms with Crippen LogP contribution in [0.5, 0.6) is 0 Å². The molecule has 2 rings (SSSR count). The Morgan fingerprint density at radius 2 is 2.18 bits per heavy atom. The van der Waals surface area contributed by atoms with Gasteiger partial charge in [0.15, 0.2) is 18.4 Å². The van der Waals surface area contributed by atoms with Crippen molar-refractivity contribution in [2.24, 2.45) is 0 Å². The van der Waals surface area contributed by atoms with E-state index in [2.05, 4.69) is 27.5 Å². The van der Waals surface area contributed by atoms with Crippen molar-refractivity contribution in [3.8, 4) is 0 Å². The lowest BCUT2D eigenvalue weighted by Crippen LogP contribution is -2.37. The third-order valence-corrected chi connectivity index (χ3v) is 2.77. The fraction of sp³-hybridized carbons (Fsp3) is 0.308. The molecular formula is C13H17N4+. The van der Waals surface area contributed by atoms with Crippen molar-refractivity contribution in [2.45, 2.75) is 26.8 Å². The number of nitrogens with two attached hydrogens (primary N) is 1. The minimum absolute atomic E-state index is 0.576. The third kappa shape index (κ3) is 2.58. The van der Waals surface area contributed by atoms with E-state index >= 15 is 0 Å². The molecule has 0 aromatic carbocycles. The highest BCUT2D eigenvalue weighted by Gasteiger charge is 2.10. The molecule has 0 fully saturated rings. The molecule has 17 heavy (non-hydrogen) atoms. The largest absolute Gasteiger partial charge is 0.383 e. The molecule has 0 radical (unpaired) electrons. The first-order valence-electron chi connectivity index (χ1n) is 5.76. The zero-order valence-corrected chi connectivity index (χ0v) is 10.2. The van der Waals surface area contributed by atoms with E-state index in [0.717, 1.165) is 17.8 Å². The highest BCUT2D eigenvalue weighted by molar-refractivity contribution is 5.36. The van der Waals surface area contributed by atoms with Crippen LogP contribution in [0.15, 0.2) is 30.6 Å². The number of nitrogen functional groups attached to an aromatic ring is 1. The van der Waals surface area contributed by atoms with E-state index in [1.165, 1.54) is 5.69 Å². The van der Waals surface area contributed by atoms with Gasteiger partial charge in [-0.15, -0.1) is 0 Å². The van der Waals surface area contributed by atoms with Gasteiger partial charge in [-0.05, 0) is 0 Å². The predicted molar refractivity (Wildman–Crippen MR) is 66.3 cm³/mol. The molecule has 0 unspecified atom stereocenters. The van der Waals surface area contributed by atoms with Gasteiger partial charge in [-0.25, -0.2) is 9.97 Å². The summed E-state index contributed by atoms with van der Waals surface area (Å²) in [5, 5.41) is 0. The Morgan fingerprint density at radius 1 is 1.35 bits per heavy atom. The van der Waals surface area contributed by atoms with Gasteiger partial charge in [-0.1, -0.05) is 13.0 Å². The van der Waals surface area contributed by atoms with E-state index in [9.17, 15) is 0 Å². The second-order valence-corrected chi connectivity index (χ2v) is 4.02. The molecule has 0 aliphatic heterocycles. The van der Waals surface area contributed by atoms with Crippen LogP contribution < -0.4 is 10.3 Å². The number of pyridine rings is 1. The van der Waals surface area contributed by atoms with Crippen molar-refractivity contribution in [3.63, 3.8) is 0 Å². The normalized spacial score (nSPS) is 10.5. The van der Waals surface area contributed by atoms with Crippen molar-refractivity contribution in [1.29, 1.82) is 0 Å². The Kier molecular flexibility index (Phi) is 3.32. The molecule has 0 atom stereocenters. The standard InChI is InChI=1S/C13H17N4/c1-3-12-15-8-11(13(14)16-12)9-17-7-5-4-6-10(17)2/h4-8H,3,9H2,1-2H3,(H2,14,15,16)/q+1. The molecule has 0 aliphatic rings. The van der Waals surface area contributed by atoms with Gasteiger partial charge in [0.05, 0.1) is 5.56 Å². The number of aromatic nitrogens is 3. The molecule has 0 bridgehead atoms. The van der Waals surface area contributed by atoms with Crippen LogP contribution in [-0.2, 0) is 13.0 Å². The zero-order valence-electron chi connectivity index (χ0n) is 10.2. The van der Waals surface area contributed by atoms with Gasteiger partial charge >= 0.3 is 0 Å². The van der Waals surface area contributed by atoms with Gasteiger partial charge < -0.3 is 5.73 Å². The molecule has 4 heteroatoms. The highest BCUT2D eigenvalue weighted by atomic mass is 15.0. The SMILES string of the molecule is CCc1ncc(C[n+]2ccccc2C)c(N)n1. The van der Waals surface area contributed by atoms with Crippen LogP contribution in [0.25, 0.3) is 0 Å². The van der Waals surface area contributed by atoms with E-state index in [1.54, 1.807) is 0 Å². The van der Waals surface area contributed by atoms with Crippen molar-refractivity contribution >= 4 is 5.82 Å². The van der Waals surface area contributed by atoms with Crippen LogP contribution in [0, 0.1) is 6.92 Å². The van der Waals surface area contributed by atoms with Crippen LogP contribution in [0.1, 0.15) is 24.0 Å². The molecule has 2 heterocycles. The zero-order chi connectivity index (χ0) is 12.3. The monoisotopic (exact) mass is 229 g/mol. The van der Waals surface area contributed by atoms with Crippen molar-refractivity contribution in [2.75, 3.05) is 5.73 Å². The molecule has 88 valence electrons. The fourth-order valence-corrected chi connectivity index (χ4v) is 1.67. The first kappa shape index (κ1) is 11.5. The molecule has 0 amide bonds. The number of hydrogen-bond donors (Lipinski definition) is 1. The third-order valence-electron chi connectivity index (χ3n) is 2.77. The molecule has 2 N–H and O–H groups in total. The summed E-state index contributed by atoms with van der Waals surface area (Å²) in [7, 11) is 0. The fourth-order valence-electron chi connectivity index (χ4n) is 1.67. The maximum atomic E-state index is 5.93. The lowest BCUT2D eigenvalue weighted by molar-refractivity contribution is -0.694. The Hall–Kier alpha value is -1.97. The Bertz CT molecular complexity index is 523. The number of nitrogens with zero attached hydrogens (tertiary/aromatic N) is 3. The van der Waals surface area contributed by atoms with Gasteiger partial charge in [-0.3, -0.25) is 0 Å². The summed E-state index contributed by atoms with van der Waals surface area (Å²) in [6.07, 6.45) is 4.66. The number of rotatable bonds is 3. The minimum atomic E-state index is 0.576. The molecule has 0 spiro atoms. The van der Waals surface area contributed by atoms with Crippen LogP contribution >= 0.6 is 0 Å². The summed E-state index contributed by atoms with van der Waals surface area (Å²) in [6.45, 7) is 4.80. The number of hydrogen-bond acceptors (Lipinski definition) is 3. The van der Waals surface area contributed by atoms with E-state index in [-0.39, 0.29) is 0 Å². The molecule has 2 aromatic heterocycles. The summed E-state index contributed by atoms with van der Waals surface area (Å²) in [4.78, 5) is 8.55. The van der Waals surface area contributed by atoms with E-state index in [4.69, 9.17) is 5.73 Å². The summed E-state index contributed by atoms with van der Waals surface area (Å²) in [6, 6.07) is 6.09. The van der Waals surface area contributed by atoms with Gasteiger partial charge in [0.1, 0.15) is 11.6 Å². The molecular weight excluding hydrogens is 212 g/mol. The Morgan fingerprint density at radius 3 is 2.82 bits per heavy atom. The van der Waals surface area contributed by atoms with Crippen molar-refractivity contribution in [1.82, 2.24) is 9.97 Å². The smallest absolute Gasteiger partial charge is 0.179 e. The van der Waals surface area contributed by atoms with E-state index < -0.39 is 0 Å². The van der Waals surface area contributed by atoms with Crippen LogP contribution in [0.2, 0.25) is 0 Å². The van der Waals surface area contributed by atoms with E-state index in [0.29, 0.717) is 12.4 Å². The molecule has 0 saturated carbocycles. The topological polar surface area (TPSA) is 55.7 Å². The number of anilines is 1. The lowest BCUT2D eigenvalue weighted by Gasteiger charge is -2.04. The Labute approximate surface area is 101 Å². The average Bonchev–Trinajstić information content (AvgIpc) is 2.34. The first-order valence-corrected chi connectivity index (χ1v) is 5.76. The molecule has 2 aromatic rings. The van der Waals surface area contributed by atoms with Crippen LogP contribution in [-0.4, -0.2) is 9.97 Å². The molecule has 0 aliphatic carbocycles. The second-order valence-electron chi connectivity index (χ2n) is 4.02. The maximum Gasteiger partial charge on any atom is 0.179 e.